The molecular weight excluding hydrogens is 326 g/mol. The normalized spacial score (nSPS) is 15.2. The van der Waals surface area contributed by atoms with Gasteiger partial charge in [0.1, 0.15) is 5.75 Å². The molecule has 1 saturated carbocycles. The van der Waals surface area contributed by atoms with Crippen molar-refractivity contribution in [3.05, 3.63) is 29.8 Å². The van der Waals surface area contributed by atoms with E-state index in [2.05, 4.69) is 20.8 Å². The number of nitrogens with zero attached hydrogens (tertiary/aromatic N) is 1. The van der Waals surface area contributed by atoms with Crippen molar-refractivity contribution in [2.24, 2.45) is 5.41 Å². The van der Waals surface area contributed by atoms with Gasteiger partial charge in [-0.05, 0) is 42.9 Å². The topological polar surface area (TPSA) is 63.7 Å². The van der Waals surface area contributed by atoms with Crippen molar-refractivity contribution in [1.29, 1.82) is 0 Å². The van der Waals surface area contributed by atoms with E-state index in [1.165, 1.54) is 6.92 Å². The molecule has 1 aromatic rings. The molecule has 1 aromatic carbocycles. The standard InChI is InChI=1S/C18H27NO4S/c1-5-24(21,22)23-16-10-6-14(7-11-16)13-19(15-8-9-15)17(20)12-18(2,3)4/h6-7,10-11,15H,5,8-9,12-13H2,1-4H3. The molecule has 134 valence electrons. The molecule has 5 nitrogen and oxygen atoms in total. The van der Waals surface area contributed by atoms with Gasteiger partial charge in [0.05, 0.1) is 5.75 Å². The van der Waals surface area contributed by atoms with Gasteiger partial charge < -0.3 is 9.08 Å². The maximum Gasteiger partial charge on any atom is 0.308 e. The Balaban J connectivity index is 2.04. The summed E-state index contributed by atoms with van der Waals surface area (Å²) in [6.45, 7) is 8.29. The highest BCUT2D eigenvalue weighted by Crippen LogP contribution is 2.31. The predicted molar refractivity (Wildman–Crippen MR) is 94.2 cm³/mol. The Morgan fingerprint density at radius 3 is 2.25 bits per heavy atom. The highest BCUT2D eigenvalue weighted by atomic mass is 32.2. The van der Waals surface area contributed by atoms with Crippen LogP contribution in [-0.4, -0.2) is 31.0 Å². The van der Waals surface area contributed by atoms with Crippen molar-refractivity contribution in [2.75, 3.05) is 5.75 Å². The smallest absolute Gasteiger partial charge is 0.308 e. The molecule has 1 amide bonds. The predicted octanol–water partition coefficient (Wildman–Crippen LogP) is 3.34. The minimum Gasteiger partial charge on any atom is -0.382 e. The molecule has 0 N–H and O–H groups in total. The van der Waals surface area contributed by atoms with E-state index in [4.69, 9.17) is 4.18 Å². The number of amides is 1. The summed E-state index contributed by atoms with van der Waals surface area (Å²) in [6, 6.07) is 7.26. The van der Waals surface area contributed by atoms with E-state index < -0.39 is 10.1 Å². The summed E-state index contributed by atoms with van der Waals surface area (Å²) in [5, 5.41) is 0. The van der Waals surface area contributed by atoms with Crippen molar-refractivity contribution in [1.82, 2.24) is 4.90 Å². The summed E-state index contributed by atoms with van der Waals surface area (Å²) in [4.78, 5) is 14.5. The lowest BCUT2D eigenvalue weighted by Crippen LogP contribution is -2.34. The van der Waals surface area contributed by atoms with Gasteiger partial charge in [-0.2, -0.15) is 8.42 Å². The lowest BCUT2D eigenvalue weighted by molar-refractivity contribution is -0.134. The first-order chi connectivity index (χ1) is 11.1. The van der Waals surface area contributed by atoms with Gasteiger partial charge in [0, 0.05) is 19.0 Å². The van der Waals surface area contributed by atoms with Crippen molar-refractivity contribution >= 4 is 16.0 Å². The maximum atomic E-state index is 12.6. The summed E-state index contributed by atoms with van der Waals surface area (Å²) in [7, 11) is -3.51. The fourth-order valence-electron chi connectivity index (χ4n) is 2.41. The van der Waals surface area contributed by atoms with E-state index in [9.17, 15) is 13.2 Å². The molecule has 1 fully saturated rings. The minimum absolute atomic E-state index is 0.0313. The van der Waals surface area contributed by atoms with Crippen molar-refractivity contribution in [2.45, 2.75) is 59.5 Å². The molecule has 2 rings (SSSR count). The van der Waals surface area contributed by atoms with Gasteiger partial charge >= 0.3 is 10.1 Å². The number of carbonyl (C=O) groups excluding carboxylic acids is 1. The van der Waals surface area contributed by atoms with Crippen LogP contribution in [0.1, 0.15) is 52.5 Å². The monoisotopic (exact) mass is 353 g/mol. The zero-order valence-corrected chi connectivity index (χ0v) is 15.7. The molecule has 0 spiro atoms. The Morgan fingerprint density at radius 2 is 1.79 bits per heavy atom. The van der Waals surface area contributed by atoms with Crippen LogP contribution < -0.4 is 4.18 Å². The summed E-state index contributed by atoms with van der Waals surface area (Å²) in [5.41, 5.74) is 0.946. The molecule has 0 atom stereocenters. The second-order valence-corrected chi connectivity index (χ2v) is 9.42. The number of hydrogen-bond donors (Lipinski definition) is 0. The van der Waals surface area contributed by atoms with E-state index in [0.717, 1.165) is 18.4 Å². The lowest BCUT2D eigenvalue weighted by atomic mass is 9.91. The highest BCUT2D eigenvalue weighted by Gasteiger charge is 2.33. The van der Waals surface area contributed by atoms with Gasteiger partial charge in [0.15, 0.2) is 0 Å². The maximum absolute atomic E-state index is 12.6. The lowest BCUT2D eigenvalue weighted by Gasteiger charge is -2.27. The fourth-order valence-corrected chi connectivity index (χ4v) is 2.94. The Labute approximate surface area is 145 Å². The zero-order valence-electron chi connectivity index (χ0n) is 14.9. The van der Waals surface area contributed by atoms with Crippen LogP contribution in [0.2, 0.25) is 0 Å². The van der Waals surface area contributed by atoms with Gasteiger partial charge in [-0.25, -0.2) is 0 Å². The van der Waals surface area contributed by atoms with E-state index in [1.807, 2.05) is 17.0 Å². The molecule has 1 aliphatic rings. The van der Waals surface area contributed by atoms with Gasteiger partial charge in [0.25, 0.3) is 0 Å². The van der Waals surface area contributed by atoms with Crippen LogP contribution >= 0.6 is 0 Å². The number of hydrogen-bond acceptors (Lipinski definition) is 4. The van der Waals surface area contributed by atoms with E-state index in [1.54, 1.807) is 12.1 Å². The van der Waals surface area contributed by atoms with Crippen LogP contribution in [0, 0.1) is 5.41 Å². The van der Waals surface area contributed by atoms with Crippen molar-refractivity contribution in [3.8, 4) is 5.75 Å². The van der Waals surface area contributed by atoms with E-state index in [0.29, 0.717) is 24.8 Å². The minimum atomic E-state index is -3.51. The molecule has 0 aliphatic heterocycles. The second kappa shape index (κ2) is 7.13. The third kappa shape index (κ3) is 5.82. The van der Waals surface area contributed by atoms with Crippen LogP contribution in [-0.2, 0) is 21.5 Å². The average Bonchev–Trinajstić information content (AvgIpc) is 3.28. The number of carbonyl (C=O) groups is 1. The molecule has 0 heterocycles. The van der Waals surface area contributed by atoms with Crippen LogP contribution in [0.3, 0.4) is 0 Å². The van der Waals surface area contributed by atoms with Gasteiger partial charge in [0.2, 0.25) is 5.91 Å². The summed E-state index contributed by atoms with van der Waals surface area (Å²) >= 11 is 0. The Kier molecular flexibility index (Phi) is 5.58. The van der Waals surface area contributed by atoms with Crippen LogP contribution in [0.4, 0.5) is 0 Å². The van der Waals surface area contributed by atoms with Crippen molar-refractivity contribution < 1.29 is 17.4 Å². The molecule has 0 saturated heterocycles. The number of rotatable bonds is 7. The first kappa shape index (κ1) is 18.8. The van der Waals surface area contributed by atoms with Crippen molar-refractivity contribution in [3.63, 3.8) is 0 Å². The SMILES string of the molecule is CCS(=O)(=O)Oc1ccc(CN(C(=O)CC(C)(C)C)C2CC2)cc1. The Bertz CT molecular complexity index is 670. The molecule has 0 bridgehead atoms. The summed E-state index contributed by atoms with van der Waals surface area (Å²) in [5.74, 6) is 0.421. The Morgan fingerprint density at radius 1 is 1.21 bits per heavy atom. The zero-order chi connectivity index (χ0) is 18.0. The molecule has 24 heavy (non-hydrogen) atoms. The molecule has 6 heteroatoms. The van der Waals surface area contributed by atoms with Gasteiger partial charge in [-0.3, -0.25) is 4.79 Å². The van der Waals surface area contributed by atoms with Gasteiger partial charge in [-0.1, -0.05) is 32.9 Å². The molecule has 0 unspecified atom stereocenters. The van der Waals surface area contributed by atoms with Crippen LogP contribution in [0.5, 0.6) is 5.75 Å². The number of benzene rings is 1. The summed E-state index contributed by atoms with van der Waals surface area (Å²) < 4.78 is 27.9. The molecule has 0 aromatic heterocycles. The van der Waals surface area contributed by atoms with E-state index >= 15 is 0 Å². The van der Waals surface area contributed by atoms with E-state index in [-0.39, 0.29) is 17.1 Å². The van der Waals surface area contributed by atoms with Crippen LogP contribution in [0.25, 0.3) is 0 Å². The quantitative estimate of drug-likeness (QED) is 0.705. The van der Waals surface area contributed by atoms with Crippen LogP contribution in [0.15, 0.2) is 24.3 Å². The largest absolute Gasteiger partial charge is 0.382 e. The first-order valence-corrected chi connectivity index (χ1v) is 9.98. The third-order valence-corrected chi connectivity index (χ3v) is 5.00. The molecular formula is C18H27NO4S. The Hall–Kier alpha value is -1.56. The second-order valence-electron chi connectivity index (χ2n) is 7.56. The molecule has 1 aliphatic carbocycles. The van der Waals surface area contributed by atoms with Gasteiger partial charge in [-0.15, -0.1) is 0 Å². The first-order valence-electron chi connectivity index (χ1n) is 8.40. The highest BCUT2D eigenvalue weighted by molar-refractivity contribution is 7.87. The summed E-state index contributed by atoms with van der Waals surface area (Å²) in [6.07, 6.45) is 2.65. The average molecular weight is 353 g/mol. The molecule has 0 radical (unpaired) electrons. The fraction of sp³-hybridized carbons (Fsp3) is 0.611. The third-order valence-electron chi connectivity index (χ3n) is 3.84.